The molecule has 5 N–H and O–H groups in total. The molecule has 0 saturated carbocycles. The summed E-state index contributed by atoms with van der Waals surface area (Å²) in [4.78, 5) is 10.7. The molecule has 0 aromatic heterocycles. The number of aliphatic hydroxyl groups is 2. The van der Waals surface area contributed by atoms with Gasteiger partial charge in [-0.15, -0.1) is 0 Å². The van der Waals surface area contributed by atoms with E-state index in [0.29, 0.717) is 13.0 Å². The van der Waals surface area contributed by atoms with Crippen LogP contribution >= 0.6 is 0 Å². The van der Waals surface area contributed by atoms with Gasteiger partial charge in [-0.2, -0.15) is 0 Å². The predicted octanol–water partition coefficient (Wildman–Crippen LogP) is -0.550. The molecule has 8 nitrogen and oxygen atoms in total. The molecule has 0 unspecified atom stereocenters. The van der Waals surface area contributed by atoms with Crippen LogP contribution in [0.2, 0.25) is 0 Å². The number of anilines is 1. The summed E-state index contributed by atoms with van der Waals surface area (Å²) in [6.07, 6.45) is 0.421. The molecule has 0 bridgehead atoms. The Hall–Kier alpha value is -1.68. The Balaban J connectivity index is 3.16. The molecule has 9 heteroatoms. The molecule has 0 amide bonds. The van der Waals surface area contributed by atoms with Crippen molar-refractivity contribution in [2.45, 2.75) is 11.3 Å². The van der Waals surface area contributed by atoms with Crippen LogP contribution in [0.5, 0.6) is 0 Å². The van der Waals surface area contributed by atoms with Crippen LogP contribution in [0.25, 0.3) is 0 Å². The first-order chi connectivity index (χ1) is 9.92. The second-order valence-corrected chi connectivity index (χ2v) is 5.88. The number of aliphatic hydroxyl groups excluding tert-OH is 2. The number of hydrogen-bond acceptors (Lipinski definition) is 6. The Kier molecular flexibility index (Phi) is 6.56. The Morgan fingerprint density at radius 2 is 1.86 bits per heavy atom. The van der Waals surface area contributed by atoms with Gasteiger partial charge in [0.15, 0.2) is 0 Å². The van der Waals surface area contributed by atoms with Gasteiger partial charge in [-0.1, -0.05) is 0 Å². The number of sulfonamides is 1. The fourth-order valence-electron chi connectivity index (χ4n) is 1.58. The van der Waals surface area contributed by atoms with E-state index in [1.165, 1.54) is 12.1 Å². The fourth-order valence-corrected chi connectivity index (χ4v) is 2.81. The van der Waals surface area contributed by atoms with E-state index in [9.17, 15) is 13.2 Å². The van der Waals surface area contributed by atoms with E-state index in [2.05, 4.69) is 10.0 Å². The maximum atomic E-state index is 12.1. The molecule has 1 aromatic carbocycles. The molecule has 0 heterocycles. The normalized spacial score (nSPS) is 11.3. The van der Waals surface area contributed by atoms with Gasteiger partial charge in [-0.05, 0) is 24.6 Å². The quantitative estimate of drug-likeness (QED) is 0.385. The van der Waals surface area contributed by atoms with Gasteiger partial charge in [0.25, 0.3) is 0 Å². The molecule has 0 radical (unpaired) electrons. The van der Waals surface area contributed by atoms with Crippen molar-refractivity contribution in [1.82, 2.24) is 4.72 Å². The van der Waals surface area contributed by atoms with E-state index in [-0.39, 0.29) is 35.9 Å². The zero-order valence-electron chi connectivity index (χ0n) is 11.2. The van der Waals surface area contributed by atoms with E-state index in [4.69, 9.17) is 15.3 Å². The highest BCUT2D eigenvalue weighted by Gasteiger charge is 2.20. The molecule has 0 saturated heterocycles. The van der Waals surface area contributed by atoms with Crippen LogP contribution < -0.4 is 10.0 Å². The zero-order chi connectivity index (χ0) is 15.9. The Labute approximate surface area is 122 Å². The maximum absolute atomic E-state index is 12.1. The summed E-state index contributed by atoms with van der Waals surface area (Å²) in [5, 5.41) is 29.2. The lowest BCUT2D eigenvalue weighted by atomic mass is 10.2. The van der Waals surface area contributed by atoms with Crippen LogP contribution in [-0.2, 0) is 10.0 Å². The monoisotopic (exact) mass is 318 g/mol. The summed E-state index contributed by atoms with van der Waals surface area (Å²) in [7, 11) is -3.94. The maximum Gasteiger partial charge on any atom is 0.335 e. The lowest BCUT2D eigenvalue weighted by Crippen LogP contribution is -2.27. The molecule has 1 rings (SSSR count). The lowest BCUT2D eigenvalue weighted by molar-refractivity contribution is 0.0696. The summed E-state index contributed by atoms with van der Waals surface area (Å²) in [6, 6.07) is 3.69. The van der Waals surface area contributed by atoms with Crippen molar-refractivity contribution < 1.29 is 28.5 Å². The average molecular weight is 318 g/mol. The van der Waals surface area contributed by atoms with Crippen LogP contribution in [0, 0.1) is 0 Å². The summed E-state index contributed by atoms with van der Waals surface area (Å²) < 4.78 is 26.4. The first-order valence-electron chi connectivity index (χ1n) is 6.25. The van der Waals surface area contributed by atoms with Gasteiger partial charge in [-0.3, -0.25) is 0 Å². The first-order valence-corrected chi connectivity index (χ1v) is 7.73. The van der Waals surface area contributed by atoms with Crippen molar-refractivity contribution in [3.05, 3.63) is 23.8 Å². The number of benzene rings is 1. The van der Waals surface area contributed by atoms with Crippen molar-refractivity contribution >= 4 is 21.7 Å². The highest BCUT2D eigenvalue weighted by molar-refractivity contribution is 7.89. The average Bonchev–Trinajstić information content (AvgIpc) is 2.45. The third-order valence-electron chi connectivity index (χ3n) is 2.57. The number of rotatable bonds is 9. The second kappa shape index (κ2) is 7.93. The minimum atomic E-state index is -3.94. The fraction of sp³-hybridized carbons (Fsp3) is 0.417. The molecule has 0 aliphatic rings. The van der Waals surface area contributed by atoms with Crippen LogP contribution in [0.1, 0.15) is 16.8 Å². The summed E-state index contributed by atoms with van der Waals surface area (Å²) in [6.45, 7) is -0.253. The molecule has 1 aromatic rings. The van der Waals surface area contributed by atoms with Crippen molar-refractivity contribution in [3.63, 3.8) is 0 Å². The molecule has 0 atom stereocenters. The minimum absolute atomic E-state index is 0.0505. The summed E-state index contributed by atoms with van der Waals surface area (Å²) in [5.41, 5.74) is 0.0750. The third-order valence-corrected chi connectivity index (χ3v) is 4.07. The zero-order valence-corrected chi connectivity index (χ0v) is 12.1. The summed E-state index contributed by atoms with van der Waals surface area (Å²) in [5.74, 6) is -1.24. The van der Waals surface area contributed by atoms with Crippen LogP contribution in [0.4, 0.5) is 5.69 Å². The van der Waals surface area contributed by atoms with E-state index in [1.807, 2.05) is 0 Å². The molecule has 0 fully saturated rings. The number of carboxylic acids is 1. The number of carboxylic acid groups (broad SMARTS) is 1. The highest BCUT2D eigenvalue weighted by Crippen LogP contribution is 2.23. The smallest absolute Gasteiger partial charge is 0.335 e. The Morgan fingerprint density at radius 1 is 1.14 bits per heavy atom. The number of carbonyl (C=O) groups is 1. The number of nitrogens with one attached hydrogen (secondary N) is 2. The second-order valence-electron chi connectivity index (χ2n) is 4.14. The van der Waals surface area contributed by atoms with Crippen LogP contribution in [0.3, 0.4) is 0 Å². The number of hydrogen-bond donors (Lipinski definition) is 5. The highest BCUT2D eigenvalue weighted by atomic mass is 32.2. The molecular weight excluding hydrogens is 300 g/mol. The molecule has 0 aliphatic carbocycles. The van der Waals surface area contributed by atoms with E-state index < -0.39 is 16.0 Å². The summed E-state index contributed by atoms with van der Waals surface area (Å²) >= 11 is 0. The van der Waals surface area contributed by atoms with Gasteiger partial charge in [0.1, 0.15) is 4.90 Å². The van der Waals surface area contributed by atoms with Gasteiger partial charge in [0.2, 0.25) is 10.0 Å². The van der Waals surface area contributed by atoms with Crippen LogP contribution in [0.15, 0.2) is 23.1 Å². The Bertz CT molecular complexity index is 587. The molecule has 0 aliphatic heterocycles. The van der Waals surface area contributed by atoms with Crippen molar-refractivity contribution in [2.24, 2.45) is 0 Å². The van der Waals surface area contributed by atoms with Crippen molar-refractivity contribution in [3.8, 4) is 0 Å². The topological polar surface area (TPSA) is 136 Å². The van der Waals surface area contributed by atoms with Crippen molar-refractivity contribution in [1.29, 1.82) is 0 Å². The molecular formula is C12H18N2O6S. The predicted molar refractivity (Wildman–Crippen MR) is 75.9 cm³/mol. The SMILES string of the molecule is O=C(O)c1ccc(NCCCO)c(S(=O)(=O)NCCO)c1. The minimum Gasteiger partial charge on any atom is -0.478 e. The third kappa shape index (κ3) is 4.97. The van der Waals surface area contributed by atoms with E-state index in [0.717, 1.165) is 6.07 Å². The van der Waals surface area contributed by atoms with Crippen molar-refractivity contribution in [2.75, 3.05) is 31.6 Å². The standard InChI is InChI=1S/C12H18N2O6S/c15-6-1-4-13-10-3-2-9(12(17)18)8-11(10)21(19,20)14-5-7-16/h2-3,8,13-16H,1,4-7H2,(H,17,18). The van der Waals surface area contributed by atoms with Gasteiger partial charge in [0, 0.05) is 19.7 Å². The molecule has 0 spiro atoms. The molecule has 118 valence electrons. The van der Waals surface area contributed by atoms with E-state index in [1.54, 1.807) is 0 Å². The Morgan fingerprint density at radius 3 is 2.43 bits per heavy atom. The van der Waals surface area contributed by atoms with Gasteiger partial charge in [-0.25, -0.2) is 17.9 Å². The van der Waals surface area contributed by atoms with Crippen LogP contribution in [-0.4, -0.2) is 56.0 Å². The molecule has 21 heavy (non-hydrogen) atoms. The van der Waals surface area contributed by atoms with Gasteiger partial charge < -0.3 is 20.6 Å². The largest absolute Gasteiger partial charge is 0.478 e. The number of aromatic carboxylic acids is 1. The van der Waals surface area contributed by atoms with E-state index >= 15 is 0 Å². The lowest BCUT2D eigenvalue weighted by Gasteiger charge is -2.13. The van der Waals surface area contributed by atoms with Gasteiger partial charge in [0.05, 0.1) is 17.9 Å². The van der Waals surface area contributed by atoms with Gasteiger partial charge >= 0.3 is 5.97 Å². The first kappa shape index (κ1) is 17.4.